The van der Waals surface area contributed by atoms with Crippen molar-refractivity contribution in [2.45, 2.75) is 26.8 Å². The second-order valence-electron chi connectivity index (χ2n) is 6.50. The highest BCUT2D eigenvalue weighted by molar-refractivity contribution is 5.89. The van der Waals surface area contributed by atoms with E-state index < -0.39 is 0 Å². The van der Waals surface area contributed by atoms with E-state index in [0.717, 1.165) is 28.1 Å². The van der Waals surface area contributed by atoms with Crippen molar-refractivity contribution in [2.24, 2.45) is 0 Å². The Labute approximate surface area is 154 Å². The van der Waals surface area contributed by atoms with Gasteiger partial charge in [0.2, 0.25) is 0 Å². The number of hydrogen-bond acceptors (Lipinski definition) is 2. The Morgan fingerprint density at radius 3 is 2.42 bits per heavy atom. The lowest BCUT2D eigenvalue weighted by atomic mass is 10.1. The van der Waals surface area contributed by atoms with E-state index in [1.165, 1.54) is 5.56 Å². The maximum absolute atomic E-state index is 12.3. The van der Waals surface area contributed by atoms with Crippen molar-refractivity contribution >= 4 is 11.7 Å². The third kappa shape index (κ3) is 4.48. The van der Waals surface area contributed by atoms with Gasteiger partial charge < -0.3 is 10.6 Å². The minimum Gasteiger partial charge on any atom is -0.331 e. The third-order valence-electron chi connectivity index (χ3n) is 4.26. The second-order valence-corrected chi connectivity index (χ2v) is 6.50. The van der Waals surface area contributed by atoms with E-state index in [1.807, 2.05) is 75.4 Å². The quantitative estimate of drug-likeness (QED) is 0.679. The SMILES string of the molecule is Cc1cccc(C(C)NC(=O)Nc2ccc(-c3ccnc(C)c3)cc2)c1. The molecule has 0 bridgehead atoms. The number of rotatable bonds is 4. The first kappa shape index (κ1) is 17.7. The number of carbonyl (C=O) groups is 1. The van der Waals surface area contributed by atoms with Gasteiger partial charge in [-0.05, 0) is 61.7 Å². The molecule has 0 saturated carbocycles. The lowest BCUT2D eigenvalue weighted by Crippen LogP contribution is -2.31. The van der Waals surface area contributed by atoms with Crippen LogP contribution in [0, 0.1) is 13.8 Å². The lowest BCUT2D eigenvalue weighted by molar-refractivity contribution is 0.249. The van der Waals surface area contributed by atoms with E-state index in [4.69, 9.17) is 0 Å². The Kier molecular flexibility index (Phi) is 5.32. The molecule has 2 aromatic carbocycles. The number of urea groups is 1. The molecule has 0 aliphatic rings. The standard InChI is InChI=1S/C22H23N3O/c1-15-5-4-6-19(13-15)17(3)24-22(26)25-21-9-7-18(8-10-21)20-11-12-23-16(2)14-20/h4-14,17H,1-3H3,(H2,24,25,26). The highest BCUT2D eigenvalue weighted by atomic mass is 16.2. The van der Waals surface area contributed by atoms with Crippen LogP contribution in [0.2, 0.25) is 0 Å². The van der Waals surface area contributed by atoms with Crippen LogP contribution < -0.4 is 10.6 Å². The number of pyridine rings is 1. The molecular formula is C22H23N3O. The van der Waals surface area contributed by atoms with Crippen LogP contribution >= 0.6 is 0 Å². The molecule has 2 N–H and O–H groups in total. The van der Waals surface area contributed by atoms with E-state index >= 15 is 0 Å². The molecule has 3 aromatic rings. The van der Waals surface area contributed by atoms with Crippen LogP contribution in [0.1, 0.15) is 29.8 Å². The fourth-order valence-electron chi connectivity index (χ4n) is 2.86. The molecule has 3 rings (SSSR count). The van der Waals surface area contributed by atoms with Crippen LogP contribution in [0.3, 0.4) is 0 Å². The molecule has 0 radical (unpaired) electrons. The monoisotopic (exact) mass is 345 g/mol. The van der Waals surface area contributed by atoms with Gasteiger partial charge in [0.1, 0.15) is 0 Å². The number of amides is 2. The van der Waals surface area contributed by atoms with Crippen molar-refractivity contribution in [1.29, 1.82) is 0 Å². The maximum atomic E-state index is 12.3. The number of nitrogens with one attached hydrogen (secondary N) is 2. The summed E-state index contributed by atoms with van der Waals surface area (Å²) in [6.45, 7) is 5.99. The molecule has 4 heteroatoms. The van der Waals surface area contributed by atoms with Crippen molar-refractivity contribution in [3.63, 3.8) is 0 Å². The van der Waals surface area contributed by atoms with Gasteiger partial charge in [-0.25, -0.2) is 4.79 Å². The Morgan fingerprint density at radius 1 is 0.962 bits per heavy atom. The first-order valence-corrected chi connectivity index (χ1v) is 8.68. The zero-order valence-corrected chi connectivity index (χ0v) is 15.3. The molecule has 0 aliphatic heterocycles. The van der Waals surface area contributed by atoms with Crippen LogP contribution in [0.15, 0.2) is 66.9 Å². The fourth-order valence-corrected chi connectivity index (χ4v) is 2.86. The van der Waals surface area contributed by atoms with Gasteiger partial charge in [0.15, 0.2) is 0 Å². The van der Waals surface area contributed by atoms with Crippen LogP contribution in [-0.2, 0) is 0 Å². The first-order chi connectivity index (χ1) is 12.5. The summed E-state index contributed by atoms with van der Waals surface area (Å²) in [4.78, 5) is 16.5. The molecule has 132 valence electrons. The molecule has 0 fully saturated rings. The normalized spacial score (nSPS) is 11.7. The van der Waals surface area contributed by atoms with Crippen LogP contribution in [0.4, 0.5) is 10.5 Å². The minimum absolute atomic E-state index is 0.0611. The van der Waals surface area contributed by atoms with Crippen molar-refractivity contribution < 1.29 is 4.79 Å². The van der Waals surface area contributed by atoms with Crippen LogP contribution in [0.5, 0.6) is 0 Å². The zero-order valence-electron chi connectivity index (χ0n) is 15.3. The Balaban J connectivity index is 1.62. The number of aromatic nitrogens is 1. The summed E-state index contributed by atoms with van der Waals surface area (Å²) in [5.74, 6) is 0. The van der Waals surface area contributed by atoms with Gasteiger partial charge in [0.25, 0.3) is 0 Å². The van der Waals surface area contributed by atoms with Gasteiger partial charge in [-0.15, -0.1) is 0 Å². The second kappa shape index (κ2) is 7.83. The molecule has 0 aliphatic carbocycles. The van der Waals surface area contributed by atoms with Gasteiger partial charge in [-0.3, -0.25) is 4.98 Å². The number of aryl methyl sites for hydroxylation is 2. The summed E-state index contributed by atoms with van der Waals surface area (Å²) in [5.41, 5.74) is 6.21. The van der Waals surface area contributed by atoms with Crippen molar-refractivity contribution in [1.82, 2.24) is 10.3 Å². The summed E-state index contributed by atoms with van der Waals surface area (Å²) in [7, 11) is 0. The van der Waals surface area contributed by atoms with Crippen LogP contribution in [-0.4, -0.2) is 11.0 Å². The maximum Gasteiger partial charge on any atom is 0.319 e. The van der Waals surface area contributed by atoms with Crippen LogP contribution in [0.25, 0.3) is 11.1 Å². The highest BCUT2D eigenvalue weighted by Crippen LogP contribution is 2.21. The topological polar surface area (TPSA) is 54.0 Å². The van der Waals surface area contributed by atoms with Gasteiger partial charge in [0, 0.05) is 17.6 Å². The zero-order chi connectivity index (χ0) is 18.5. The summed E-state index contributed by atoms with van der Waals surface area (Å²) in [5, 5.41) is 5.85. The number of anilines is 1. The molecule has 26 heavy (non-hydrogen) atoms. The summed E-state index contributed by atoms with van der Waals surface area (Å²) < 4.78 is 0. The molecule has 0 saturated heterocycles. The van der Waals surface area contributed by atoms with Crippen molar-refractivity contribution in [3.05, 3.63) is 83.7 Å². The number of benzene rings is 2. The third-order valence-corrected chi connectivity index (χ3v) is 4.26. The summed E-state index contributed by atoms with van der Waals surface area (Å²) >= 11 is 0. The molecule has 4 nitrogen and oxygen atoms in total. The first-order valence-electron chi connectivity index (χ1n) is 8.68. The largest absolute Gasteiger partial charge is 0.331 e. The van der Waals surface area contributed by atoms with E-state index in [-0.39, 0.29) is 12.1 Å². The van der Waals surface area contributed by atoms with E-state index in [0.29, 0.717) is 0 Å². The number of nitrogens with zero attached hydrogens (tertiary/aromatic N) is 1. The molecular weight excluding hydrogens is 322 g/mol. The Bertz CT molecular complexity index is 903. The van der Waals surface area contributed by atoms with E-state index in [9.17, 15) is 4.79 Å². The highest BCUT2D eigenvalue weighted by Gasteiger charge is 2.10. The van der Waals surface area contributed by atoms with E-state index in [2.05, 4.69) is 21.7 Å². The average Bonchev–Trinajstić information content (AvgIpc) is 2.62. The predicted molar refractivity (Wildman–Crippen MR) is 106 cm³/mol. The Hall–Kier alpha value is -3.14. The number of carbonyl (C=O) groups excluding carboxylic acids is 1. The van der Waals surface area contributed by atoms with Gasteiger partial charge in [0.05, 0.1) is 6.04 Å². The minimum atomic E-state index is -0.216. The lowest BCUT2D eigenvalue weighted by Gasteiger charge is -2.16. The molecule has 1 unspecified atom stereocenters. The van der Waals surface area contributed by atoms with Gasteiger partial charge in [-0.1, -0.05) is 42.0 Å². The van der Waals surface area contributed by atoms with Crippen molar-refractivity contribution in [3.8, 4) is 11.1 Å². The number of hydrogen-bond donors (Lipinski definition) is 2. The van der Waals surface area contributed by atoms with Crippen molar-refractivity contribution in [2.75, 3.05) is 5.32 Å². The average molecular weight is 345 g/mol. The fraction of sp³-hybridized carbons (Fsp3) is 0.182. The summed E-state index contributed by atoms with van der Waals surface area (Å²) in [6.07, 6.45) is 1.80. The molecule has 2 amide bonds. The summed E-state index contributed by atoms with van der Waals surface area (Å²) in [6, 6.07) is 19.7. The Morgan fingerprint density at radius 2 is 1.73 bits per heavy atom. The smallest absolute Gasteiger partial charge is 0.319 e. The van der Waals surface area contributed by atoms with Gasteiger partial charge >= 0.3 is 6.03 Å². The molecule has 1 aromatic heterocycles. The predicted octanol–water partition coefficient (Wildman–Crippen LogP) is 5.25. The van der Waals surface area contributed by atoms with Gasteiger partial charge in [-0.2, -0.15) is 0 Å². The molecule has 0 spiro atoms. The molecule has 1 atom stereocenters. The van der Waals surface area contributed by atoms with E-state index in [1.54, 1.807) is 6.20 Å². The molecule has 1 heterocycles.